The normalized spacial score (nSPS) is 10.1. The number of carbonyl (C=O) groups excluding carboxylic acids is 1. The summed E-state index contributed by atoms with van der Waals surface area (Å²) in [5.41, 5.74) is 7.42. The van der Waals surface area contributed by atoms with E-state index < -0.39 is 5.91 Å². The van der Waals surface area contributed by atoms with Crippen molar-refractivity contribution in [2.45, 2.75) is 6.92 Å². The molecule has 0 aliphatic rings. The number of methoxy groups -OCH3 is 2. The van der Waals surface area contributed by atoms with Gasteiger partial charge in [-0.1, -0.05) is 17.7 Å². The van der Waals surface area contributed by atoms with Crippen molar-refractivity contribution < 1.29 is 23.7 Å². The first-order chi connectivity index (χ1) is 13.5. The van der Waals surface area contributed by atoms with Crippen LogP contribution in [0.5, 0.6) is 11.5 Å². The van der Waals surface area contributed by atoms with Gasteiger partial charge in [0.15, 0.2) is 18.7 Å². The Labute approximate surface area is 169 Å². The second-order valence-corrected chi connectivity index (χ2v) is 6.07. The second-order valence-electron chi connectivity index (χ2n) is 5.66. The molecule has 0 radical (unpaired) electrons. The number of rotatable bonds is 8. The number of aryl methyl sites for hydroxylation is 1. The first-order valence-electron chi connectivity index (χ1n) is 8.35. The van der Waals surface area contributed by atoms with E-state index in [2.05, 4.69) is 16.2 Å². The number of hydrazine groups is 1. The van der Waals surface area contributed by atoms with Crippen LogP contribution in [0.15, 0.2) is 42.5 Å². The van der Waals surface area contributed by atoms with Crippen molar-refractivity contribution in [3.05, 3.63) is 53.6 Å². The van der Waals surface area contributed by atoms with Crippen LogP contribution in [0.2, 0.25) is 0 Å². The predicted octanol–water partition coefficient (Wildman–Crippen LogP) is 2.59. The smallest absolute Gasteiger partial charge is 0.273 e. The molecule has 0 unspecified atom stereocenters. The van der Waals surface area contributed by atoms with Crippen LogP contribution in [-0.2, 0) is 9.47 Å². The highest BCUT2D eigenvalue weighted by Gasteiger charge is 2.14. The van der Waals surface area contributed by atoms with Gasteiger partial charge in [-0.2, -0.15) is 0 Å². The molecule has 0 atom stereocenters. The van der Waals surface area contributed by atoms with Crippen molar-refractivity contribution in [2.24, 2.45) is 0 Å². The molecular formula is C19H23N3O5S. The van der Waals surface area contributed by atoms with Crippen LogP contribution < -0.4 is 25.6 Å². The molecule has 0 saturated heterocycles. The SMILES string of the molecule is COCOc1ccc(C(=O)NNC(=S)Nc2ccc(C)cc2)c(OCOC)c1. The summed E-state index contributed by atoms with van der Waals surface area (Å²) in [5, 5.41) is 3.22. The zero-order valence-corrected chi connectivity index (χ0v) is 16.7. The second kappa shape index (κ2) is 11.1. The van der Waals surface area contributed by atoms with Gasteiger partial charge in [0.1, 0.15) is 11.5 Å². The van der Waals surface area contributed by atoms with Crippen LogP contribution in [0, 0.1) is 6.92 Å². The van der Waals surface area contributed by atoms with Gasteiger partial charge in [0, 0.05) is 26.0 Å². The Kier molecular flexibility index (Phi) is 8.47. The van der Waals surface area contributed by atoms with Gasteiger partial charge in [0.05, 0.1) is 5.56 Å². The minimum atomic E-state index is -0.433. The van der Waals surface area contributed by atoms with Crippen molar-refractivity contribution in [1.82, 2.24) is 10.9 Å². The summed E-state index contributed by atoms with van der Waals surface area (Å²) < 4.78 is 20.6. The fourth-order valence-electron chi connectivity index (χ4n) is 2.13. The number of anilines is 1. The molecule has 3 N–H and O–H groups in total. The molecule has 0 aliphatic heterocycles. The first kappa shape index (κ1) is 21.4. The predicted molar refractivity (Wildman–Crippen MR) is 109 cm³/mol. The van der Waals surface area contributed by atoms with Gasteiger partial charge in [-0.15, -0.1) is 0 Å². The average Bonchev–Trinajstić information content (AvgIpc) is 2.70. The van der Waals surface area contributed by atoms with Crippen LogP contribution >= 0.6 is 12.2 Å². The molecule has 9 heteroatoms. The Balaban J connectivity index is 1.99. The molecular weight excluding hydrogens is 382 g/mol. The van der Waals surface area contributed by atoms with Gasteiger partial charge >= 0.3 is 0 Å². The largest absolute Gasteiger partial charge is 0.467 e. The minimum absolute atomic E-state index is 0.0190. The van der Waals surface area contributed by atoms with Crippen molar-refractivity contribution >= 4 is 28.9 Å². The molecule has 0 bridgehead atoms. The molecule has 0 aromatic heterocycles. The molecule has 2 aromatic rings. The summed E-state index contributed by atoms with van der Waals surface area (Å²) in [6.07, 6.45) is 0. The number of thiocarbonyl (C=S) groups is 1. The van der Waals surface area contributed by atoms with Crippen LogP contribution in [0.1, 0.15) is 15.9 Å². The van der Waals surface area contributed by atoms with E-state index in [4.69, 9.17) is 31.2 Å². The van der Waals surface area contributed by atoms with Gasteiger partial charge in [-0.25, -0.2) is 0 Å². The van der Waals surface area contributed by atoms with Crippen molar-refractivity contribution in [3.8, 4) is 11.5 Å². The first-order valence-corrected chi connectivity index (χ1v) is 8.76. The van der Waals surface area contributed by atoms with Gasteiger partial charge in [-0.3, -0.25) is 15.6 Å². The molecule has 0 aliphatic carbocycles. The molecule has 0 spiro atoms. The highest BCUT2D eigenvalue weighted by atomic mass is 32.1. The lowest BCUT2D eigenvalue weighted by Gasteiger charge is -2.15. The number of benzene rings is 2. The third kappa shape index (κ3) is 6.69. The van der Waals surface area contributed by atoms with E-state index in [0.29, 0.717) is 11.5 Å². The molecule has 28 heavy (non-hydrogen) atoms. The highest BCUT2D eigenvalue weighted by molar-refractivity contribution is 7.80. The maximum atomic E-state index is 12.5. The fraction of sp³-hybridized carbons (Fsp3) is 0.263. The number of amides is 1. The zero-order chi connectivity index (χ0) is 20.4. The van der Waals surface area contributed by atoms with E-state index in [1.165, 1.54) is 14.2 Å². The van der Waals surface area contributed by atoms with Gasteiger partial charge in [-0.05, 0) is 43.4 Å². The van der Waals surface area contributed by atoms with Crippen LogP contribution in [-0.4, -0.2) is 38.8 Å². The van der Waals surface area contributed by atoms with Gasteiger partial charge in [0.25, 0.3) is 5.91 Å². The number of ether oxygens (including phenoxy) is 4. The molecule has 2 aromatic carbocycles. The topological polar surface area (TPSA) is 90.1 Å². The van der Waals surface area contributed by atoms with Crippen LogP contribution in [0.3, 0.4) is 0 Å². The quantitative estimate of drug-likeness (QED) is 0.351. The molecule has 0 saturated carbocycles. The van der Waals surface area contributed by atoms with Crippen LogP contribution in [0.4, 0.5) is 5.69 Å². The standard InChI is InChI=1S/C19H23N3O5S/c1-13-4-6-14(7-5-13)20-19(28)22-21-18(23)16-9-8-15(26-11-24-2)10-17(16)27-12-25-3/h4-10H,11-12H2,1-3H3,(H,21,23)(H2,20,22,28). The van der Waals surface area contributed by atoms with E-state index in [1.54, 1.807) is 18.2 Å². The summed E-state index contributed by atoms with van der Waals surface area (Å²) in [5.74, 6) is 0.360. The summed E-state index contributed by atoms with van der Waals surface area (Å²) in [6, 6.07) is 12.5. The van der Waals surface area contributed by atoms with E-state index in [1.807, 2.05) is 31.2 Å². The van der Waals surface area contributed by atoms with E-state index in [9.17, 15) is 4.79 Å². The lowest BCUT2D eigenvalue weighted by atomic mass is 10.2. The maximum absolute atomic E-state index is 12.5. The van der Waals surface area contributed by atoms with Gasteiger partial charge < -0.3 is 24.3 Å². The monoisotopic (exact) mass is 405 g/mol. The average molecular weight is 405 g/mol. The van der Waals surface area contributed by atoms with E-state index >= 15 is 0 Å². The number of hydrogen-bond acceptors (Lipinski definition) is 6. The fourth-order valence-corrected chi connectivity index (χ4v) is 2.30. The number of hydrogen-bond donors (Lipinski definition) is 3. The molecule has 8 nitrogen and oxygen atoms in total. The van der Waals surface area contributed by atoms with E-state index in [0.717, 1.165) is 11.3 Å². The number of nitrogens with one attached hydrogen (secondary N) is 3. The van der Waals surface area contributed by atoms with E-state index in [-0.39, 0.29) is 24.3 Å². The van der Waals surface area contributed by atoms with Crippen LogP contribution in [0.25, 0.3) is 0 Å². The third-order valence-corrected chi connectivity index (χ3v) is 3.68. The molecule has 0 heterocycles. The lowest BCUT2D eigenvalue weighted by Crippen LogP contribution is -2.43. The zero-order valence-electron chi connectivity index (χ0n) is 15.9. The van der Waals surface area contributed by atoms with Gasteiger partial charge in [0.2, 0.25) is 0 Å². The Morgan fingerprint density at radius 3 is 2.32 bits per heavy atom. The van der Waals surface area contributed by atoms with Crippen molar-refractivity contribution in [2.75, 3.05) is 33.1 Å². The summed E-state index contributed by atoms with van der Waals surface area (Å²) in [6.45, 7) is 2.06. The third-order valence-electron chi connectivity index (χ3n) is 3.47. The summed E-state index contributed by atoms with van der Waals surface area (Å²) in [4.78, 5) is 12.5. The Morgan fingerprint density at radius 1 is 0.964 bits per heavy atom. The van der Waals surface area contributed by atoms with Crippen molar-refractivity contribution in [3.63, 3.8) is 0 Å². The summed E-state index contributed by atoms with van der Waals surface area (Å²) >= 11 is 5.19. The molecule has 1 amide bonds. The van der Waals surface area contributed by atoms with Crippen molar-refractivity contribution in [1.29, 1.82) is 0 Å². The Morgan fingerprint density at radius 2 is 1.64 bits per heavy atom. The summed E-state index contributed by atoms with van der Waals surface area (Å²) in [7, 11) is 3.01. The molecule has 150 valence electrons. The highest BCUT2D eigenvalue weighted by Crippen LogP contribution is 2.25. The Hall–Kier alpha value is -2.88. The lowest BCUT2D eigenvalue weighted by molar-refractivity contribution is 0.0454. The minimum Gasteiger partial charge on any atom is -0.467 e. The Bertz CT molecular complexity index is 799. The molecule has 0 fully saturated rings. The maximum Gasteiger partial charge on any atom is 0.273 e. The molecule has 2 rings (SSSR count). The number of carbonyl (C=O) groups is 1.